The van der Waals surface area contributed by atoms with Crippen molar-refractivity contribution in [3.8, 4) is 5.75 Å². The molecule has 2 rings (SSSR count). The third kappa shape index (κ3) is 4.25. The summed E-state index contributed by atoms with van der Waals surface area (Å²) in [6.45, 7) is -0.280. The van der Waals surface area contributed by atoms with Gasteiger partial charge in [-0.3, -0.25) is 10.1 Å². The summed E-state index contributed by atoms with van der Waals surface area (Å²) in [5, 5.41) is 2.75. The van der Waals surface area contributed by atoms with Gasteiger partial charge < -0.3 is 9.47 Å². The van der Waals surface area contributed by atoms with Crippen molar-refractivity contribution >= 4 is 44.3 Å². The van der Waals surface area contributed by atoms with Gasteiger partial charge in [0.1, 0.15) is 16.4 Å². The first kappa shape index (κ1) is 16.4. The fourth-order valence-electron chi connectivity index (χ4n) is 1.42. The normalized spacial score (nSPS) is 10.1. The minimum absolute atomic E-state index is 0.257. The second-order valence-corrected chi connectivity index (χ2v) is 5.82. The number of ether oxygens (including phenoxy) is 2. The van der Waals surface area contributed by atoms with Gasteiger partial charge in [-0.1, -0.05) is 11.3 Å². The van der Waals surface area contributed by atoms with Gasteiger partial charge in [0.2, 0.25) is 0 Å². The molecule has 0 radical (unpaired) electrons. The Kier molecular flexibility index (Phi) is 5.45. The van der Waals surface area contributed by atoms with Crippen LogP contribution in [0.5, 0.6) is 5.75 Å². The molecule has 0 aliphatic heterocycles. The number of carbonyl (C=O) groups excluding carboxylic acids is 2. The summed E-state index contributed by atoms with van der Waals surface area (Å²) in [5.41, 5.74) is 0. The maximum absolute atomic E-state index is 12.9. The number of methoxy groups -OCH3 is 1. The van der Waals surface area contributed by atoms with Gasteiger partial charge in [-0.2, -0.15) is 0 Å². The van der Waals surface area contributed by atoms with Crippen LogP contribution < -0.4 is 10.1 Å². The molecule has 0 atom stereocenters. The average molecular weight is 389 g/mol. The van der Waals surface area contributed by atoms with E-state index >= 15 is 0 Å². The Morgan fingerprint density at radius 1 is 1.45 bits per heavy atom. The summed E-state index contributed by atoms with van der Waals surface area (Å²) in [6.07, 6.45) is 1.31. The van der Waals surface area contributed by atoms with Crippen molar-refractivity contribution in [2.24, 2.45) is 0 Å². The second-order valence-electron chi connectivity index (χ2n) is 3.93. The second kappa shape index (κ2) is 7.32. The van der Waals surface area contributed by atoms with Crippen molar-refractivity contribution in [3.63, 3.8) is 0 Å². The Morgan fingerprint density at radius 2 is 2.23 bits per heavy atom. The van der Waals surface area contributed by atoms with E-state index < -0.39 is 17.7 Å². The average Bonchev–Trinajstić information content (AvgIpc) is 2.94. The number of hydrogen-bond acceptors (Lipinski definition) is 6. The predicted octanol–water partition coefficient (Wildman–Crippen LogP) is 2.85. The van der Waals surface area contributed by atoms with E-state index in [9.17, 15) is 14.0 Å². The van der Waals surface area contributed by atoms with E-state index in [1.54, 1.807) is 0 Å². The number of halogens is 2. The molecule has 1 aromatic heterocycles. The number of esters is 1. The van der Waals surface area contributed by atoms with Gasteiger partial charge in [0.15, 0.2) is 11.7 Å². The molecule has 1 N–H and O–H groups in total. The fourth-order valence-corrected chi connectivity index (χ4v) is 2.63. The first-order valence-electron chi connectivity index (χ1n) is 5.91. The van der Waals surface area contributed by atoms with E-state index in [2.05, 4.69) is 31.0 Å². The van der Waals surface area contributed by atoms with Crippen molar-refractivity contribution in [2.75, 3.05) is 19.0 Å². The van der Waals surface area contributed by atoms with Crippen LogP contribution in [0.15, 0.2) is 28.9 Å². The highest BCUT2D eigenvalue weighted by atomic mass is 79.9. The summed E-state index contributed by atoms with van der Waals surface area (Å²) in [5.74, 6) is -1.06. The quantitative estimate of drug-likeness (QED) is 0.796. The van der Waals surface area contributed by atoms with E-state index in [4.69, 9.17) is 4.74 Å². The number of thiazole rings is 1. The largest absolute Gasteiger partial charge is 0.483 e. The van der Waals surface area contributed by atoms with Crippen LogP contribution in [-0.4, -0.2) is 30.6 Å². The van der Waals surface area contributed by atoms with E-state index in [-0.39, 0.29) is 16.6 Å². The van der Waals surface area contributed by atoms with Crippen molar-refractivity contribution in [1.29, 1.82) is 0 Å². The van der Waals surface area contributed by atoms with Gasteiger partial charge in [0, 0.05) is 0 Å². The van der Waals surface area contributed by atoms with Crippen LogP contribution in [0.3, 0.4) is 0 Å². The lowest BCUT2D eigenvalue weighted by molar-refractivity contribution is -0.118. The molecular weight excluding hydrogens is 379 g/mol. The van der Waals surface area contributed by atoms with Crippen LogP contribution in [-0.2, 0) is 9.53 Å². The summed E-state index contributed by atoms with van der Waals surface area (Å²) in [7, 11) is 1.26. The topological polar surface area (TPSA) is 77.5 Å². The Labute approximate surface area is 137 Å². The van der Waals surface area contributed by atoms with Crippen LogP contribution in [0.1, 0.15) is 9.67 Å². The highest BCUT2D eigenvalue weighted by Gasteiger charge is 2.13. The maximum Gasteiger partial charge on any atom is 0.349 e. The van der Waals surface area contributed by atoms with Crippen molar-refractivity contribution in [1.82, 2.24) is 4.98 Å². The highest BCUT2D eigenvalue weighted by Crippen LogP contribution is 2.25. The van der Waals surface area contributed by atoms with Crippen molar-refractivity contribution in [2.45, 2.75) is 0 Å². The Balaban J connectivity index is 1.90. The van der Waals surface area contributed by atoms with Gasteiger partial charge in [0.25, 0.3) is 5.91 Å². The van der Waals surface area contributed by atoms with E-state index in [0.717, 1.165) is 11.3 Å². The minimum Gasteiger partial charge on any atom is -0.483 e. The monoisotopic (exact) mass is 388 g/mol. The van der Waals surface area contributed by atoms with Crippen molar-refractivity contribution in [3.05, 3.63) is 39.6 Å². The van der Waals surface area contributed by atoms with Crippen LogP contribution in [0.25, 0.3) is 0 Å². The minimum atomic E-state index is -0.524. The molecule has 0 saturated heterocycles. The zero-order valence-electron chi connectivity index (χ0n) is 11.3. The fraction of sp³-hybridized carbons (Fsp3) is 0.154. The molecule has 2 aromatic rings. The van der Waals surface area contributed by atoms with Crippen LogP contribution >= 0.6 is 27.3 Å². The highest BCUT2D eigenvalue weighted by molar-refractivity contribution is 9.10. The van der Waals surface area contributed by atoms with Crippen LogP contribution in [0, 0.1) is 5.82 Å². The number of aromatic nitrogens is 1. The van der Waals surface area contributed by atoms with Gasteiger partial charge >= 0.3 is 5.97 Å². The third-order valence-electron chi connectivity index (χ3n) is 2.39. The lowest BCUT2D eigenvalue weighted by atomic mass is 10.3. The molecule has 0 spiro atoms. The van der Waals surface area contributed by atoms with Crippen molar-refractivity contribution < 1.29 is 23.5 Å². The van der Waals surface area contributed by atoms with Gasteiger partial charge in [0.05, 0.1) is 17.8 Å². The molecule has 0 fully saturated rings. The molecule has 0 aliphatic rings. The van der Waals surface area contributed by atoms with Gasteiger partial charge in [-0.05, 0) is 34.1 Å². The SMILES string of the molecule is COC(=O)c1cnc(NC(=O)COc2ccc(F)cc2Br)s1. The first-order chi connectivity index (χ1) is 10.5. The number of hydrogen-bond donors (Lipinski definition) is 1. The Hall–Kier alpha value is -2.00. The molecule has 6 nitrogen and oxygen atoms in total. The smallest absolute Gasteiger partial charge is 0.349 e. The Morgan fingerprint density at radius 3 is 2.91 bits per heavy atom. The molecule has 22 heavy (non-hydrogen) atoms. The molecule has 9 heteroatoms. The van der Waals surface area contributed by atoms with Gasteiger partial charge in [-0.15, -0.1) is 0 Å². The van der Waals surface area contributed by atoms with Crippen LogP contribution in [0.2, 0.25) is 0 Å². The molecule has 1 heterocycles. The molecule has 0 saturated carbocycles. The molecule has 116 valence electrons. The molecule has 1 aromatic carbocycles. The summed E-state index contributed by atoms with van der Waals surface area (Å²) < 4.78 is 23.1. The Bertz CT molecular complexity index is 707. The standard InChI is InChI=1S/C13H10BrFN2O4S/c1-20-12(19)10-5-16-13(22-10)17-11(18)6-21-9-3-2-7(15)4-8(9)14/h2-5H,6H2,1H3,(H,16,17,18). The van der Waals surface area contributed by atoms with Crippen LogP contribution in [0.4, 0.5) is 9.52 Å². The summed E-state index contributed by atoms with van der Waals surface area (Å²) >= 11 is 4.12. The molecular formula is C13H10BrFN2O4S. The third-order valence-corrected chi connectivity index (χ3v) is 3.90. The predicted molar refractivity (Wildman–Crippen MR) is 81.7 cm³/mol. The zero-order chi connectivity index (χ0) is 16.1. The first-order valence-corrected chi connectivity index (χ1v) is 7.52. The van der Waals surface area contributed by atoms with E-state index in [0.29, 0.717) is 10.2 Å². The molecule has 0 bridgehead atoms. The number of nitrogens with one attached hydrogen (secondary N) is 1. The number of rotatable bonds is 5. The lowest BCUT2D eigenvalue weighted by Gasteiger charge is -2.07. The molecule has 0 unspecified atom stereocenters. The zero-order valence-corrected chi connectivity index (χ0v) is 13.7. The number of anilines is 1. The number of benzene rings is 1. The maximum atomic E-state index is 12.9. The van der Waals surface area contributed by atoms with Gasteiger partial charge in [-0.25, -0.2) is 14.2 Å². The van der Waals surface area contributed by atoms with E-state index in [1.807, 2.05) is 0 Å². The number of nitrogens with zero attached hydrogens (tertiary/aromatic N) is 1. The number of carbonyl (C=O) groups is 2. The number of amides is 1. The summed E-state index contributed by atoms with van der Waals surface area (Å²) in [6, 6.07) is 3.86. The summed E-state index contributed by atoms with van der Waals surface area (Å²) in [4.78, 5) is 27.2. The lowest BCUT2D eigenvalue weighted by Crippen LogP contribution is -2.20. The van der Waals surface area contributed by atoms with E-state index in [1.165, 1.54) is 31.5 Å². The molecule has 1 amide bonds. The molecule has 0 aliphatic carbocycles.